The quantitative estimate of drug-likeness (QED) is 0.0369. The summed E-state index contributed by atoms with van der Waals surface area (Å²) in [5, 5.41) is 6.89. The molecule has 7 aromatic rings. The maximum absolute atomic E-state index is 14.3. The molecule has 3 aromatic heterocycles. The second-order valence-electron chi connectivity index (χ2n) is 17.0. The Balaban J connectivity index is 0.000000311. The molecule has 0 saturated carbocycles. The standard InChI is InChI=1S/C22H21ClFN5O3S.C17H19ClFN3O3S.C5H6N2O2.CH4.Cl3OP/c1-22(2,3)13-5-7-14(8-6-13)33(30,31)28-18-10-17(24)16(23)9-15(18)20-26-27-21(29(20)4)19-11-32-12-25-19;1-17(2,3)10-4-6-11(7-5-10)26(24,25)22-15-9-14(19)13(18)8-12(15)16(23)21-20;1-6-5(8)4-2-9-3-7-4;;1-5(2,3)4/h5-12,28H,1-4H3;4-9,22H,20H2,1-3H3,(H,21,23);2-3H,1H3,(H,6,8);1H4;. The molecule has 0 saturated heterocycles. The van der Waals surface area contributed by atoms with Gasteiger partial charge in [0, 0.05) is 31.8 Å². The summed E-state index contributed by atoms with van der Waals surface area (Å²) in [6.07, 6.45) is 5.16. The molecule has 0 atom stereocenters. The highest BCUT2D eigenvalue weighted by atomic mass is 36.0. The van der Waals surface area contributed by atoms with E-state index < -0.39 is 42.8 Å². The first-order valence-electron chi connectivity index (χ1n) is 20.6. The second-order valence-corrected chi connectivity index (χ2v) is 27.8. The normalized spacial score (nSPS) is 11.5. The summed E-state index contributed by atoms with van der Waals surface area (Å²) in [7, 11) is -4.87. The van der Waals surface area contributed by atoms with Gasteiger partial charge in [-0.3, -0.25) is 29.0 Å². The van der Waals surface area contributed by atoms with Gasteiger partial charge in [0.1, 0.15) is 29.9 Å². The number of hydrogen-bond acceptors (Lipinski definition) is 14. The van der Waals surface area contributed by atoms with Crippen LogP contribution in [-0.2, 0) is 42.5 Å². The molecule has 6 N–H and O–H groups in total. The Bertz CT molecular complexity index is 3310. The maximum atomic E-state index is 14.3. The van der Waals surface area contributed by atoms with Gasteiger partial charge in [-0.05, 0) is 92.1 Å². The van der Waals surface area contributed by atoms with Crippen molar-refractivity contribution in [2.45, 2.75) is 69.6 Å². The molecule has 74 heavy (non-hydrogen) atoms. The molecule has 0 unspecified atom stereocenters. The topological polar surface area (TPSA) is 276 Å². The molecule has 0 bridgehead atoms. The zero-order valence-electron chi connectivity index (χ0n) is 39.6. The average Bonchev–Trinajstić information content (AvgIpc) is 4.12. The van der Waals surface area contributed by atoms with E-state index in [2.05, 4.69) is 73.1 Å². The molecule has 400 valence electrons. The Hall–Kier alpha value is -5.62. The van der Waals surface area contributed by atoms with Gasteiger partial charge in [0.15, 0.2) is 30.1 Å². The number of nitrogen functional groups attached to an aromatic ring is 1. The van der Waals surface area contributed by atoms with Crippen LogP contribution >= 0.6 is 62.1 Å². The number of benzene rings is 4. The smallest absolute Gasteiger partial charge is 0.339 e. The van der Waals surface area contributed by atoms with E-state index in [0.29, 0.717) is 17.2 Å². The number of hydrogen-bond donors (Lipinski definition) is 5. The van der Waals surface area contributed by atoms with E-state index in [-0.39, 0.29) is 72.3 Å². The maximum Gasteiger partial charge on any atom is 0.339 e. The van der Waals surface area contributed by atoms with Gasteiger partial charge in [-0.1, -0.05) is 96.4 Å². The van der Waals surface area contributed by atoms with Crippen molar-refractivity contribution < 1.29 is 48.6 Å². The van der Waals surface area contributed by atoms with E-state index in [1.807, 2.05) is 47.0 Å². The molecule has 19 nitrogen and oxygen atoms in total. The van der Waals surface area contributed by atoms with Gasteiger partial charge in [0.05, 0.1) is 36.8 Å². The number of hydrazine groups is 1. The summed E-state index contributed by atoms with van der Waals surface area (Å²) >= 11 is 25.5. The van der Waals surface area contributed by atoms with Crippen LogP contribution < -0.4 is 26.0 Å². The lowest BCUT2D eigenvalue weighted by Gasteiger charge is -2.19. The predicted molar refractivity (Wildman–Crippen MR) is 284 cm³/mol. The van der Waals surface area contributed by atoms with Crippen molar-refractivity contribution in [1.82, 2.24) is 35.5 Å². The number of amides is 2. The van der Waals surface area contributed by atoms with Crippen LogP contribution in [0, 0.1) is 11.6 Å². The third-order valence-corrected chi connectivity index (χ3v) is 13.1. The van der Waals surface area contributed by atoms with E-state index in [0.717, 1.165) is 29.3 Å². The molecule has 7 rings (SSSR count). The molecular weight excluding hydrogens is 1130 g/mol. The molecule has 3 heterocycles. The summed E-state index contributed by atoms with van der Waals surface area (Å²) in [6, 6.07) is 17.0. The molecule has 0 spiro atoms. The summed E-state index contributed by atoms with van der Waals surface area (Å²) in [4.78, 5) is 30.1. The molecule has 0 aliphatic heterocycles. The highest BCUT2D eigenvalue weighted by molar-refractivity contribution is 8.24. The Morgan fingerprint density at radius 2 is 1.12 bits per heavy atom. The van der Waals surface area contributed by atoms with Gasteiger partial charge in [0.2, 0.25) is 0 Å². The van der Waals surface area contributed by atoms with Crippen LogP contribution in [0.1, 0.15) is 80.9 Å². The van der Waals surface area contributed by atoms with Crippen LogP contribution in [0.25, 0.3) is 22.9 Å². The van der Waals surface area contributed by atoms with Crippen LogP contribution in [0.5, 0.6) is 0 Å². The highest BCUT2D eigenvalue weighted by Crippen LogP contribution is 2.61. The fourth-order valence-corrected chi connectivity index (χ4v) is 8.42. The van der Waals surface area contributed by atoms with Gasteiger partial charge in [-0.2, -0.15) is 0 Å². The highest BCUT2D eigenvalue weighted by Gasteiger charge is 2.25. The lowest BCUT2D eigenvalue weighted by Crippen LogP contribution is -2.31. The third kappa shape index (κ3) is 17.5. The summed E-state index contributed by atoms with van der Waals surface area (Å²) < 4.78 is 105. The Morgan fingerprint density at radius 3 is 1.54 bits per heavy atom. The summed E-state index contributed by atoms with van der Waals surface area (Å²) in [5.74, 6) is 3.02. The van der Waals surface area contributed by atoms with Crippen LogP contribution in [0.3, 0.4) is 0 Å². The first-order valence-corrected chi connectivity index (χ1v) is 28.7. The predicted octanol–water partition coefficient (Wildman–Crippen LogP) is 11.7. The van der Waals surface area contributed by atoms with Gasteiger partial charge < -0.3 is 18.7 Å². The van der Waals surface area contributed by atoms with Crippen LogP contribution in [0.2, 0.25) is 10.0 Å². The summed E-state index contributed by atoms with van der Waals surface area (Å²) in [5.41, 5.74) is 4.03. The first kappa shape index (κ1) is 62.7. The number of anilines is 2. The first-order chi connectivity index (χ1) is 33.8. The van der Waals surface area contributed by atoms with E-state index in [9.17, 15) is 39.8 Å². The van der Waals surface area contributed by atoms with Crippen LogP contribution in [-0.4, -0.2) is 60.4 Å². The van der Waals surface area contributed by atoms with Crippen molar-refractivity contribution >= 4 is 105 Å². The number of nitrogens with two attached hydrogens (primary N) is 1. The number of rotatable bonds is 10. The van der Waals surface area contributed by atoms with E-state index in [1.54, 1.807) is 35.9 Å². The van der Waals surface area contributed by atoms with E-state index in [1.165, 1.54) is 62.7 Å². The van der Waals surface area contributed by atoms with E-state index in [4.69, 9.17) is 33.5 Å². The van der Waals surface area contributed by atoms with Crippen LogP contribution in [0.15, 0.2) is 117 Å². The molecule has 29 heteroatoms. The van der Waals surface area contributed by atoms with Crippen LogP contribution in [0.4, 0.5) is 20.2 Å². The Kier molecular flexibility index (Phi) is 21.8. The minimum absolute atomic E-state index is 0. The van der Waals surface area contributed by atoms with Gasteiger partial charge >= 0.3 is 5.20 Å². The largest absolute Gasteiger partial charge is 0.451 e. The fourth-order valence-electron chi connectivity index (χ4n) is 5.95. The van der Waals surface area contributed by atoms with Crippen molar-refractivity contribution in [3.05, 3.63) is 142 Å². The lowest BCUT2D eigenvalue weighted by atomic mass is 9.87. The van der Waals surface area contributed by atoms with Crippen molar-refractivity contribution in [2.75, 3.05) is 16.5 Å². The number of carbonyl (C=O) groups is 2. The molecule has 4 aromatic carbocycles. The van der Waals surface area contributed by atoms with Gasteiger partial charge in [0.25, 0.3) is 31.9 Å². The molecule has 0 aliphatic carbocycles. The molecule has 2 amide bonds. The molecular formula is C45H50Cl5F2N10O9PS2. The number of halogens is 7. The number of nitrogens with one attached hydrogen (secondary N) is 4. The third-order valence-electron chi connectivity index (χ3n) is 9.72. The zero-order chi connectivity index (χ0) is 54.9. The number of aromatic nitrogens is 5. The monoisotopic (exact) mass is 1180 g/mol. The number of carbonyl (C=O) groups excluding carboxylic acids is 2. The van der Waals surface area contributed by atoms with Gasteiger partial charge in [-0.15, -0.1) is 10.2 Å². The zero-order valence-corrected chi connectivity index (χ0v) is 45.9. The molecule has 0 radical (unpaired) electrons. The lowest BCUT2D eigenvalue weighted by molar-refractivity contribution is 0.0948. The SMILES string of the molecule is C.CC(C)(C)c1ccc(S(=O)(=O)Nc2cc(F)c(Cl)cc2C(=O)NN)cc1.CNC(=O)c1cocn1.Cn1c(-c2cocn2)nnc1-c1cc(Cl)c(F)cc1NS(=O)(=O)c1ccc(C(C)(C)C)cc1.O=P(Cl)(Cl)Cl. The second kappa shape index (κ2) is 25.7. The minimum Gasteiger partial charge on any atom is -0.451 e. The van der Waals surface area contributed by atoms with Crippen molar-refractivity contribution in [1.29, 1.82) is 0 Å². The van der Waals surface area contributed by atoms with Crippen molar-refractivity contribution in [2.24, 2.45) is 12.9 Å². The Morgan fingerprint density at radius 1 is 0.689 bits per heavy atom. The molecule has 0 aliphatic rings. The minimum atomic E-state index is -4.05. The average molecular weight is 1190 g/mol. The Labute approximate surface area is 450 Å². The number of sulfonamides is 2. The summed E-state index contributed by atoms with van der Waals surface area (Å²) in [6.45, 7) is 12.1. The van der Waals surface area contributed by atoms with E-state index >= 15 is 0 Å². The van der Waals surface area contributed by atoms with Crippen molar-refractivity contribution in [3.8, 4) is 22.9 Å². The fraction of sp³-hybridized carbons (Fsp3) is 0.244. The van der Waals surface area contributed by atoms with Crippen molar-refractivity contribution in [3.63, 3.8) is 0 Å². The molecule has 0 fully saturated rings. The van der Waals surface area contributed by atoms with Gasteiger partial charge in [-0.25, -0.2) is 41.4 Å². The number of nitrogens with zero attached hydrogens (tertiary/aromatic N) is 5. The number of oxazole rings is 2.